The molecule has 3 atom stereocenters. The summed E-state index contributed by atoms with van der Waals surface area (Å²) < 4.78 is 2.11. The fourth-order valence-electron chi connectivity index (χ4n) is 4.32. The molecule has 1 N–H and O–H groups in total. The molecule has 1 aliphatic rings. The first-order chi connectivity index (χ1) is 8.73. The second-order valence-corrected chi connectivity index (χ2v) is 6.99. The maximum absolute atomic E-state index is 5.75. The quantitative estimate of drug-likeness (QED) is 0.844. The summed E-state index contributed by atoms with van der Waals surface area (Å²) in [6.45, 7) is 12.9. The summed E-state index contributed by atoms with van der Waals surface area (Å²) in [6.07, 6.45) is 6.04. The van der Waals surface area contributed by atoms with E-state index in [1.165, 1.54) is 0 Å². The third kappa shape index (κ3) is 2.88. The third-order valence-corrected chi connectivity index (χ3v) is 4.23. The molecule has 1 saturated carbocycles. The lowest BCUT2D eigenvalue weighted by atomic mass is 9.61. The van der Waals surface area contributed by atoms with E-state index < -0.39 is 0 Å². The van der Waals surface area contributed by atoms with Crippen LogP contribution in [0.3, 0.4) is 0 Å². The van der Waals surface area contributed by atoms with Crippen molar-refractivity contribution in [3.05, 3.63) is 30.6 Å². The molecule has 0 saturated heterocycles. The summed E-state index contributed by atoms with van der Waals surface area (Å²) in [6, 6.07) is 2.42. The fourth-order valence-corrected chi connectivity index (χ4v) is 4.32. The van der Waals surface area contributed by atoms with Gasteiger partial charge in [0.2, 0.25) is 0 Å². The first-order valence-electron chi connectivity index (χ1n) is 6.95. The van der Waals surface area contributed by atoms with Crippen molar-refractivity contribution in [1.82, 2.24) is 15.1 Å². The minimum atomic E-state index is 0.0123. The molecule has 0 aromatic carbocycles. The highest BCUT2D eigenvalue weighted by Gasteiger charge is 2.47. The lowest BCUT2D eigenvalue weighted by Crippen LogP contribution is -2.53. The Morgan fingerprint density at radius 1 is 1.47 bits per heavy atom. The Hall–Kier alpha value is -1.19. The lowest BCUT2D eigenvalue weighted by molar-refractivity contribution is 0.0264. The van der Waals surface area contributed by atoms with Gasteiger partial charge in [0.25, 0.3) is 0 Å². The summed E-state index contributed by atoms with van der Waals surface area (Å²) in [5, 5.41) is 7.81. The number of nitrogens with one attached hydrogen (secondary N) is 1. The van der Waals surface area contributed by atoms with Crippen LogP contribution in [0, 0.1) is 11.3 Å². The van der Waals surface area contributed by atoms with Crippen molar-refractivity contribution in [1.29, 1.82) is 0 Å². The Bertz CT molecular complexity index is 452. The van der Waals surface area contributed by atoms with Gasteiger partial charge in [-0.3, -0.25) is 4.68 Å². The average molecular weight is 257 g/mol. The van der Waals surface area contributed by atoms with Crippen molar-refractivity contribution in [3.63, 3.8) is 0 Å². The molecule has 0 aliphatic heterocycles. The van der Waals surface area contributed by atoms with Crippen LogP contribution in [0.1, 0.15) is 46.6 Å². The zero-order chi connectivity index (χ0) is 14.3. The molecular weight excluding hydrogens is 233 g/mol. The molecule has 2 rings (SSSR count). The van der Waals surface area contributed by atoms with Crippen molar-refractivity contribution >= 4 is 7.85 Å². The standard InChI is InChI=1S/C15H24BN3/c1-11-9-15(5,18-12(2)16)10-14(3,4)13(11)19-8-6-7-17-19/h6-8,11,13,18H,2,9-10H2,1,3-5H3. The van der Waals surface area contributed by atoms with E-state index >= 15 is 0 Å². The molecule has 3 nitrogen and oxygen atoms in total. The van der Waals surface area contributed by atoms with Crippen molar-refractivity contribution < 1.29 is 0 Å². The van der Waals surface area contributed by atoms with Crippen LogP contribution < -0.4 is 5.32 Å². The van der Waals surface area contributed by atoms with E-state index in [-0.39, 0.29) is 11.0 Å². The molecule has 0 amide bonds. The monoisotopic (exact) mass is 257 g/mol. The molecule has 0 bridgehead atoms. The molecule has 0 spiro atoms. The van der Waals surface area contributed by atoms with Gasteiger partial charge in [-0.2, -0.15) is 5.10 Å². The molecule has 2 radical (unpaired) electrons. The molecule has 1 fully saturated rings. The van der Waals surface area contributed by atoms with Gasteiger partial charge in [-0.25, -0.2) is 0 Å². The van der Waals surface area contributed by atoms with Crippen molar-refractivity contribution in [2.45, 2.75) is 52.1 Å². The van der Waals surface area contributed by atoms with Crippen molar-refractivity contribution in [2.75, 3.05) is 0 Å². The van der Waals surface area contributed by atoms with E-state index in [1.807, 2.05) is 12.3 Å². The Kier molecular flexibility index (Phi) is 3.54. The van der Waals surface area contributed by atoms with Crippen LogP contribution in [0.15, 0.2) is 30.6 Å². The van der Waals surface area contributed by atoms with Crippen molar-refractivity contribution in [3.8, 4) is 0 Å². The Morgan fingerprint density at radius 3 is 2.63 bits per heavy atom. The molecule has 3 unspecified atom stereocenters. The Morgan fingerprint density at radius 2 is 2.16 bits per heavy atom. The van der Waals surface area contributed by atoms with Gasteiger partial charge < -0.3 is 5.32 Å². The maximum atomic E-state index is 5.75. The largest absolute Gasteiger partial charge is 0.393 e. The van der Waals surface area contributed by atoms with E-state index in [1.54, 1.807) is 0 Å². The van der Waals surface area contributed by atoms with Gasteiger partial charge in [-0.05, 0) is 42.8 Å². The van der Waals surface area contributed by atoms with Gasteiger partial charge in [0.1, 0.15) is 7.85 Å². The Balaban J connectivity index is 2.26. The summed E-state index contributed by atoms with van der Waals surface area (Å²) in [5.74, 6) is 0.528. The van der Waals surface area contributed by atoms with Crippen LogP contribution in [0.25, 0.3) is 0 Å². The van der Waals surface area contributed by atoms with E-state index in [4.69, 9.17) is 7.85 Å². The topological polar surface area (TPSA) is 29.9 Å². The first-order valence-corrected chi connectivity index (χ1v) is 6.95. The summed E-state index contributed by atoms with van der Waals surface area (Å²) in [5.41, 5.74) is 0.724. The number of hydrogen-bond acceptors (Lipinski definition) is 2. The van der Waals surface area contributed by atoms with Crippen LogP contribution in [0.5, 0.6) is 0 Å². The molecule has 1 aromatic heterocycles. The van der Waals surface area contributed by atoms with Crippen LogP contribution in [-0.4, -0.2) is 23.2 Å². The summed E-state index contributed by atoms with van der Waals surface area (Å²) in [4.78, 5) is 0. The van der Waals surface area contributed by atoms with Crippen LogP contribution >= 0.6 is 0 Å². The van der Waals surface area contributed by atoms with Gasteiger partial charge in [0, 0.05) is 17.9 Å². The van der Waals surface area contributed by atoms with Gasteiger partial charge >= 0.3 is 0 Å². The Labute approximate surface area is 117 Å². The van der Waals surface area contributed by atoms with Gasteiger partial charge in [-0.1, -0.05) is 27.4 Å². The van der Waals surface area contributed by atoms with E-state index in [9.17, 15) is 0 Å². The fraction of sp³-hybridized carbons (Fsp3) is 0.667. The molecule has 1 aromatic rings. The number of rotatable bonds is 3. The van der Waals surface area contributed by atoms with Crippen LogP contribution in [0.4, 0.5) is 0 Å². The molecule has 1 aliphatic carbocycles. The highest BCUT2D eigenvalue weighted by molar-refractivity contribution is 6.20. The molecule has 19 heavy (non-hydrogen) atoms. The third-order valence-electron chi connectivity index (χ3n) is 4.23. The van der Waals surface area contributed by atoms with E-state index in [0.29, 0.717) is 17.6 Å². The molecule has 1 heterocycles. The normalized spacial score (nSPS) is 33.9. The highest BCUT2D eigenvalue weighted by atomic mass is 15.3. The molecule has 4 heteroatoms. The van der Waals surface area contributed by atoms with Crippen LogP contribution in [-0.2, 0) is 0 Å². The van der Waals surface area contributed by atoms with Crippen LogP contribution in [0.2, 0.25) is 0 Å². The van der Waals surface area contributed by atoms with Gasteiger partial charge in [0.05, 0.1) is 6.04 Å². The zero-order valence-corrected chi connectivity index (χ0v) is 12.5. The smallest absolute Gasteiger partial charge is 0.137 e. The predicted molar refractivity (Wildman–Crippen MR) is 79.9 cm³/mol. The SMILES string of the molecule is [B]C(=C)NC1(C)CC(C)C(n2cccn2)C(C)(C)C1. The number of nitrogens with zero attached hydrogens (tertiary/aromatic N) is 2. The second-order valence-electron chi connectivity index (χ2n) is 6.99. The van der Waals surface area contributed by atoms with Crippen molar-refractivity contribution in [2.24, 2.45) is 11.3 Å². The summed E-state index contributed by atoms with van der Waals surface area (Å²) >= 11 is 0. The zero-order valence-electron chi connectivity index (χ0n) is 12.5. The van der Waals surface area contributed by atoms with Gasteiger partial charge in [-0.15, -0.1) is 0 Å². The highest BCUT2D eigenvalue weighted by Crippen LogP contribution is 2.50. The van der Waals surface area contributed by atoms with Gasteiger partial charge in [0.15, 0.2) is 0 Å². The average Bonchev–Trinajstić information content (AvgIpc) is 2.64. The number of hydrogen-bond donors (Lipinski definition) is 1. The lowest BCUT2D eigenvalue weighted by Gasteiger charge is -2.51. The van der Waals surface area contributed by atoms with E-state index in [2.05, 4.69) is 55.6 Å². The maximum Gasteiger partial charge on any atom is 0.137 e. The minimum absolute atomic E-state index is 0.0123. The number of aromatic nitrogens is 2. The predicted octanol–water partition coefficient (Wildman–Crippen LogP) is 2.87. The molecule has 102 valence electrons. The van der Waals surface area contributed by atoms with E-state index in [0.717, 1.165) is 12.8 Å². The summed E-state index contributed by atoms with van der Waals surface area (Å²) in [7, 11) is 5.75. The first kappa shape index (κ1) is 14.2. The second kappa shape index (κ2) is 4.73. The minimum Gasteiger partial charge on any atom is -0.393 e. The molecular formula is C15H24BN3.